The fourth-order valence-electron chi connectivity index (χ4n) is 3.41. The summed E-state index contributed by atoms with van der Waals surface area (Å²) < 4.78 is 7.94. The number of nitrogens with zero attached hydrogens (tertiary/aromatic N) is 6. The Morgan fingerprint density at radius 2 is 1.96 bits per heavy atom. The first-order valence-electron chi connectivity index (χ1n) is 8.14. The monoisotopic (exact) mass is 314 g/mol. The average Bonchev–Trinajstić information content (AvgIpc) is 3.13. The molecule has 23 heavy (non-hydrogen) atoms. The lowest BCUT2D eigenvalue weighted by Crippen LogP contribution is -2.56. The van der Waals surface area contributed by atoms with Gasteiger partial charge in [0.25, 0.3) is 0 Å². The third-order valence-corrected chi connectivity index (χ3v) is 4.85. The summed E-state index contributed by atoms with van der Waals surface area (Å²) in [6.07, 6.45) is 7.42. The van der Waals surface area contributed by atoms with E-state index in [1.165, 1.54) is 0 Å². The average molecular weight is 314 g/mol. The number of aromatic nitrogens is 4. The van der Waals surface area contributed by atoms with Gasteiger partial charge in [-0.05, 0) is 26.0 Å². The molecular weight excluding hydrogens is 292 g/mol. The van der Waals surface area contributed by atoms with E-state index in [1.54, 1.807) is 17.2 Å². The number of hydrogen-bond donors (Lipinski definition) is 0. The molecule has 2 aromatic rings. The van der Waals surface area contributed by atoms with Crippen molar-refractivity contribution in [1.29, 1.82) is 0 Å². The van der Waals surface area contributed by atoms with E-state index in [1.807, 2.05) is 18.3 Å². The van der Waals surface area contributed by atoms with Crippen LogP contribution in [0.1, 0.15) is 12.8 Å². The van der Waals surface area contributed by atoms with Crippen LogP contribution in [0.15, 0.2) is 30.9 Å². The van der Waals surface area contributed by atoms with Crippen LogP contribution in [0.4, 0.5) is 5.82 Å². The molecule has 0 aliphatic carbocycles. The summed E-state index contributed by atoms with van der Waals surface area (Å²) in [4.78, 5) is 13.5. The second kappa shape index (κ2) is 5.90. The topological polar surface area (TPSA) is 59.3 Å². The summed E-state index contributed by atoms with van der Waals surface area (Å²) in [6, 6.07) is 3.89. The van der Waals surface area contributed by atoms with Crippen molar-refractivity contribution in [2.75, 3.05) is 44.7 Å². The minimum Gasteiger partial charge on any atom is -0.371 e. The third kappa shape index (κ3) is 2.94. The van der Waals surface area contributed by atoms with E-state index in [4.69, 9.17) is 4.74 Å². The van der Waals surface area contributed by atoms with Gasteiger partial charge < -0.3 is 14.5 Å². The maximum Gasteiger partial charge on any atom is 0.158 e. The first-order chi connectivity index (χ1) is 11.2. The molecule has 2 aromatic heterocycles. The fourth-order valence-corrected chi connectivity index (χ4v) is 3.41. The lowest BCUT2D eigenvalue weighted by atomic mass is 9.89. The molecule has 0 unspecified atom stereocenters. The molecule has 2 aliphatic heterocycles. The molecule has 0 bridgehead atoms. The highest BCUT2D eigenvalue weighted by Gasteiger charge is 2.39. The van der Waals surface area contributed by atoms with Gasteiger partial charge in [0.15, 0.2) is 5.82 Å². The zero-order chi connectivity index (χ0) is 15.7. The number of rotatable bonds is 2. The predicted molar refractivity (Wildman–Crippen MR) is 86.8 cm³/mol. The van der Waals surface area contributed by atoms with Crippen LogP contribution in [0.5, 0.6) is 0 Å². The summed E-state index contributed by atoms with van der Waals surface area (Å²) >= 11 is 0. The number of morpholine rings is 1. The molecule has 0 saturated carbocycles. The molecule has 7 nitrogen and oxygen atoms in total. The van der Waals surface area contributed by atoms with E-state index in [-0.39, 0.29) is 5.60 Å². The molecule has 0 amide bonds. The number of likely N-dealkylation sites (tertiary alicyclic amines) is 1. The molecule has 2 fully saturated rings. The van der Waals surface area contributed by atoms with E-state index in [0.717, 1.165) is 57.3 Å². The molecular formula is C16H22N6O. The maximum atomic E-state index is 6.18. The zero-order valence-electron chi connectivity index (χ0n) is 13.4. The van der Waals surface area contributed by atoms with Crippen LogP contribution in [0, 0.1) is 0 Å². The van der Waals surface area contributed by atoms with Gasteiger partial charge in [-0.15, -0.1) is 0 Å². The first-order valence-corrected chi connectivity index (χ1v) is 8.14. The van der Waals surface area contributed by atoms with Gasteiger partial charge in [0.2, 0.25) is 0 Å². The van der Waals surface area contributed by atoms with Gasteiger partial charge >= 0.3 is 0 Å². The molecule has 0 radical (unpaired) electrons. The highest BCUT2D eigenvalue weighted by atomic mass is 16.5. The summed E-state index contributed by atoms with van der Waals surface area (Å²) in [5.74, 6) is 1.75. The Morgan fingerprint density at radius 1 is 1.13 bits per heavy atom. The predicted octanol–water partition coefficient (Wildman–Crippen LogP) is 0.963. The van der Waals surface area contributed by atoms with Crippen molar-refractivity contribution in [3.8, 4) is 5.82 Å². The Balaban J connectivity index is 1.55. The van der Waals surface area contributed by atoms with Gasteiger partial charge in [-0.3, -0.25) is 0 Å². The van der Waals surface area contributed by atoms with Gasteiger partial charge in [0.05, 0.1) is 12.2 Å². The van der Waals surface area contributed by atoms with E-state index < -0.39 is 0 Å². The Morgan fingerprint density at radius 3 is 2.74 bits per heavy atom. The highest BCUT2D eigenvalue weighted by molar-refractivity contribution is 5.44. The summed E-state index contributed by atoms with van der Waals surface area (Å²) in [5.41, 5.74) is -0.0262. The molecule has 7 heteroatoms. The van der Waals surface area contributed by atoms with Gasteiger partial charge in [-0.1, -0.05) is 0 Å². The molecule has 2 saturated heterocycles. The quantitative estimate of drug-likeness (QED) is 0.823. The van der Waals surface area contributed by atoms with Gasteiger partial charge in [-0.25, -0.2) is 14.6 Å². The second-order valence-electron chi connectivity index (χ2n) is 6.44. The van der Waals surface area contributed by atoms with Crippen molar-refractivity contribution in [3.63, 3.8) is 0 Å². The molecule has 1 spiro atoms. The lowest BCUT2D eigenvalue weighted by molar-refractivity contribution is -0.0884. The van der Waals surface area contributed by atoms with Crippen LogP contribution in [0.3, 0.4) is 0 Å². The normalized spacial score (nSPS) is 21.7. The SMILES string of the molecule is CN1CCC2(CC1)CN(c1cc(-n3cccn3)ncn1)CCO2. The smallest absolute Gasteiger partial charge is 0.158 e. The van der Waals surface area contributed by atoms with Crippen molar-refractivity contribution < 1.29 is 4.74 Å². The van der Waals surface area contributed by atoms with Crippen molar-refractivity contribution in [2.24, 2.45) is 0 Å². The summed E-state index contributed by atoms with van der Waals surface area (Å²) in [5, 5.41) is 4.24. The van der Waals surface area contributed by atoms with Crippen LogP contribution in [0.25, 0.3) is 5.82 Å². The van der Waals surface area contributed by atoms with Gasteiger partial charge in [0, 0.05) is 44.6 Å². The number of piperidine rings is 1. The summed E-state index contributed by atoms with van der Waals surface area (Å²) in [7, 11) is 2.17. The second-order valence-corrected chi connectivity index (χ2v) is 6.44. The molecule has 4 rings (SSSR count). The Hall–Kier alpha value is -1.99. The van der Waals surface area contributed by atoms with Crippen molar-refractivity contribution in [2.45, 2.75) is 18.4 Å². The molecule has 122 valence electrons. The van der Waals surface area contributed by atoms with Crippen LogP contribution in [-0.4, -0.2) is 70.1 Å². The molecule has 4 heterocycles. The van der Waals surface area contributed by atoms with Gasteiger partial charge in [-0.2, -0.15) is 5.10 Å². The Labute approximate surface area is 135 Å². The number of hydrogen-bond acceptors (Lipinski definition) is 6. The molecule has 0 N–H and O–H groups in total. The maximum absolute atomic E-state index is 6.18. The van der Waals surface area contributed by atoms with Crippen LogP contribution in [0.2, 0.25) is 0 Å². The van der Waals surface area contributed by atoms with Crippen LogP contribution < -0.4 is 4.90 Å². The highest BCUT2D eigenvalue weighted by Crippen LogP contribution is 2.31. The van der Waals surface area contributed by atoms with Crippen molar-refractivity contribution in [1.82, 2.24) is 24.6 Å². The van der Waals surface area contributed by atoms with E-state index >= 15 is 0 Å². The largest absolute Gasteiger partial charge is 0.371 e. The standard InChI is InChI=1S/C16H22N6O/c1-20-7-3-16(4-8-20)12-21(9-10-23-16)14-11-15(18-13-17-14)22-6-2-5-19-22/h2,5-6,11,13H,3-4,7-10,12H2,1H3. The summed E-state index contributed by atoms with van der Waals surface area (Å²) in [6.45, 7) is 4.71. The third-order valence-electron chi connectivity index (χ3n) is 4.85. The lowest BCUT2D eigenvalue weighted by Gasteiger charge is -2.47. The Kier molecular flexibility index (Phi) is 3.74. The first kappa shape index (κ1) is 14.6. The van der Waals surface area contributed by atoms with E-state index in [2.05, 4.69) is 31.9 Å². The number of ether oxygens (including phenoxy) is 1. The zero-order valence-corrected chi connectivity index (χ0v) is 13.4. The molecule has 2 aliphatic rings. The van der Waals surface area contributed by atoms with Crippen LogP contribution >= 0.6 is 0 Å². The van der Waals surface area contributed by atoms with Crippen molar-refractivity contribution >= 4 is 5.82 Å². The van der Waals surface area contributed by atoms with E-state index in [9.17, 15) is 0 Å². The Bertz CT molecular complexity index is 650. The van der Waals surface area contributed by atoms with E-state index in [0.29, 0.717) is 0 Å². The fraction of sp³-hybridized carbons (Fsp3) is 0.562. The van der Waals surface area contributed by atoms with Crippen LogP contribution in [-0.2, 0) is 4.74 Å². The minimum atomic E-state index is -0.0262. The molecule has 0 atom stereocenters. The number of anilines is 1. The minimum absolute atomic E-state index is 0.0262. The molecule has 0 aromatic carbocycles. The van der Waals surface area contributed by atoms with Crippen molar-refractivity contribution in [3.05, 3.63) is 30.9 Å². The van der Waals surface area contributed by atoms with Gasteiger partial charge in [0.1, 0.15) is 12.1 Å².